The first-order chi connectivity index (χ1) is 13.4. The van der Waals surface area contributed by atoms with Crippen LogP contribution in [0.25, 0.3) is 0 Å². The first-order valence-corrected chi connectivity index (χ1v) is 10.1. The number of ether oxygens (including phenoxy) is 3. The molecule has 150 valence electrons. The Hall–Kier alpha value is -2.62. The van der Waals surface area contributed by atoms with Crippen molar-refractivity contribution in [3.63, 3.8) is 0 Å². The summed E-state index contributed by atoms with van der Waals surface area (Å²) < 4.78 is 42.2. The predicted molar refractivity (Wildman–Crippen MR) is 104 cm³/mol. The van der Waals surface area contributed by atoms with E-state index in [-0.39, 0.29) is 10.8 Å². The van der Waals surface area contributed by atoms with Crippen molar-refractivity contribution in [1.29, 1.82) is 0 Å². The number of hydrogen-bond acceptors (Lipinski definition) is 6. The van der Waals surface area contributed by atoms with Crippen molar-refractivity contribution in [3.8, 4) is 11.5 Å². The highest BCUT2D eigenvalue weighted by molar-refractivity contribution is 7.89. The Morgan fingerprint density at radius 2 is 1.57 bits per heavy atom. The van der Waals surface area contributed by atoms with Gasteiger partial charge in [0.2, 0.25) is 10.0 Å². The van der Waals surface area contributed by atoms with Gasteiger partial charge in [-0.1, -0.05) is 0 Å². The number of hydrogen-bond donors (Lipinski definition) is 1. The van der Waals surface area contributed by atoms with E-state index >= 15 is 0 Å². The molecule has 0 atom stereocenters. The van der Waals surface area contributed by atoms with E-state index in [9.17, 15) is 13.2 Å². The van der Waals surface area contributed by atoms with Crippen LogP contribution in [-0.4, -0.2) is 59.2 Å². The van der Waals surface area contributed by atoms with Gasteiger partial charge in [0.05, 0.1) is 32.3 Å². The van der Waals surface area contributed by atoms with Gasteiger partial charge in [0.25, 0.3) is 5.91 Å². The topological polar surface area (TPSA) is 94.2 Å². The van der Waals surface area contributed by atoms with Gasteiger partial charge in [-0.3, -0.25) is 4.79 Å². The van der Waals surface area contributed by atoms with E-state index < -0.39 is 10.0 Å². The number of carbonyl (C=O) groups excluding carboxylic acids is 1. The summed E-state index contributed by atoms with van der Waals surface area (Å²) in [5.74, 6) is 0.717. The first kappa shape index (κ1) is 20.1. The Kier molecular flexibility index (Phi) is 6.18. The number of carbonyl (C=O) groups is 1. The minimum absolute atomic E-state index is 0.147. The standard InChI is InChI=1S/C19H22N2O6S/c1-25-16-11-15(12-17(13-16)26-2)20-19(22)14-3-5-18(6-4-14)28(23,24)21-7-9-27-10-8-21/h3-6,11-13H,7-10H2,1-2H3,(H,20,22). The second-order valence-corrected chi connectivity index (χ2v) is 8.03. The molecule has 1 aliphatic heterocycles. The minimum atomic E-state index is -3.59. The first-order valence-electron chi connectivity index (χ1n) is 8.66. The van der Waals surface area contributed by atoms with Gasteiger partial charge in [-0.15, -0.1) is 0 Å². The maximum absolute atomic E-state index is 12.6. The molecular weight excluding hydrogens is 384 g/mol. The maximum atomic E-state index is 12.6. The van der Waals surface area contributed by atoms with Gasteiger partial charge >= 0.3 is 0 Å². The molecule has 0 saturated carbocycles. The van der Waals surface area contributed by atoms with Crippen LogP contribution in [0.15, 0.2) is 47.4 Å². The van der Waals surface area contributed by atoms with Crippen LogP contribution >= 0.6 is 0 Å². The molecule has 28 heavy (non-hydrogen) atoms. The van der Waals surface area contributed by atoms with Crippen molar-refractivity contribution < 1.29 is 27.4 Å². The fourth-order valence-electron chi connectivity index (χ4n) is 2.80. The van der Waals surface area contributed by atoms with Gasteiger partial charge in [0.1, 0.15) is 11.5 Å². The zero-order valence-electron chi connectivity index (χ0n) is 15.7. The summed E-state index contributed by atoms with van der Waals surface area (Å²) in [7, 11) is -0.549. The van der Waals surface area contributed by atoms with Gasteiger partial charge in [-0.2, -0.15) is 4.31 Å². The molecule has 2 aromatic rings. The number of benzene rings is 2. The lowest BCUT2D eigenvalue weighted by atomic mass is 10.2. The average molecular weight is 406 g/mol. The maximum Gasteiger partial charge on any atom is 0.255 e. The van der Waals surface area contributed by atoms with Gasteiger partial charge in [0, 0.05) is 42.5 Å². The van der Waals surface area contributed by atoms with E-state index in [0.29, 0.717) is 49.1 Å². The van der Waals surface area contributed by atoms with Crippen LogP contribution in [0.3, 0.4) is 0 Å². The molecule has 0 bridgehead atoms. The van der Waals surface area contributed by atoms with Crippen LogP contribution in [0.5, 0.6) is 11.5 Å². The van der Waals surface area contributed by atoms with Crippen molar-refractivity contribution in [2.45, 2.75) is 4.90 Å². The Bertz CT molecular complexity index is 915. The molecule has 0 radical (unpaired) electrons. The molecule has 0 spiro atoms. The van der Waals surface area contributed by atoms with E-state index in [0.717, 1.165) is 0 Å². The summed E-state index contributed by atoms with van der Waals surface area (Å²) in [4.78, 5) is 12.7. The second kappa shape index (κ2) is 8.59. The summed E-state index contributed by atoms with van der Waals surface area (Å²) in [6, 6.07) is 10.9. The second-order valence-electron chi connectivity index (χ2n) is 6.10. The molecule has 9 heteroatoms. The third-order valence-electron chi connectivity index (χ3n) is 4.33. The average Bonchev–Trinajstić information content (AvgIpc) is 2.74. The summed E-state index contributed by atoms with van der Waals surface area (Å²) in [5.41, 5.74) is 0.842. The van der Waals surface area contributed by atoms with Gasteiger partial charge in [-0.25, -0.2) is 8.42 Å². The molecule has 0 aromatic heterocycles. The smallest absolute Gasteiger partial charge is 0.255 e. The predicted octanol–water partition coefficient (Wildman–Crippen LogP) is 1.98. The number of methoxy groups -OCH3 is 2. The molecule has 8 nitrogen and oxygen atoms in total. The molecule has 3 rings (SSSR count). The summed E-state index contributed by atoms with van der Waals surface area (Å²) in [6.07, 6.45) is 0. The highest BCUT2D eigenvalue weighted by atomic mass is 32.2. The fourth-order valence-corrected chi connectivity index (χ4v) is 4.21. The third kappa shape index (κ3) is 4.44. The number of nitrogens with zero attached hydrogens (tertiary/aromatic N) is 1. The monoisotopic (exact) mass is 406 g/mol. The number of nitrogens with one attached hydrogen (secondary N) is 1. The highest BCUT2D eigenvalue weighted by Gasteiger charge is 2.26. The molecule has 1 aliphatic rings. The van der Waals surface area contributed by atoms with Gasteiger partial charge < -0.3 is 19.5 Å². The van der Waals surface area contributed by atoms with Crippen LogP contribution in [0.1, 0.15) is 10.4 Å². The van der Waals surface area contributed by atoms with Crippen molar-refractivity contribution in [2.75, 3.05) is 45.8 Å². The van der Waals surface area contributed by atoms with Crippen LogP contribution in [0.2, 0.25) is 0 Å². The van der Waals surface area contributed by atoms with Crippen molar-refractivity contribution in [2.24, 2.45) is 0 Å². The molecule has 1 amide bonds. The van der Waals surface area contributed by atoms with Crippen molar-refractivity contribution in [1.82, 2.24) is 4.31 Å². The van der Waals surface area contributed by atoms with E-state index in [1.807, 2.05) is 0 Å². The summed E-state index contributed by atoms with van der Waals surface area (Å²) in [5, 5.41) is 2.75. The van der Waals surface area contributed by atoms with Crippen LogP contribution < -0.4 is 14.8 Å². The summed E-state index contributed by atoms with van der Waals surface area (Å²) >= 11 is 0. The lowest BCUT2D eigenvalue weighted by molar-refractivity contribution is 0.0730. The van der Waals surface area contributed by atoms with Crippen LogP contribution in [-0.2, 0) is 14.8 Å². The quantitative estimate of drug-likeness (QED) is 0.788. The molecule has 1 heterocycles. The normalized spacial score (nSPS) is 15.1. The van der Waals surface area contributed by atoms with Crippen molar-refractivity contribution in [3.05, 3.63) is 48.0 Å². The number of amides is 1. The van der Waals surface area contributed by atoms with Gasteiger partial charge in [-0.05, 0) is 24.3 Å². The van der Waals surface area contributed by atoms with E-state index in [4.69, 9.17) is 14.2 Å². The molecule has 1 fully saturated rings. The van der Waals surface area contributed by atoms with Gasteiger partial charge in [0.15, 0.2) is 0 Å². The van der Waals surface area contributed by atoms with Crippen LogP contribution in [0, 0.1) is 0 Å². The number of rotatable bonds is 6. The minimum Gasteiger partial charge on any atom is -0.497 e. The Morgan fingerprint density at radius 3 is 2.11 bits per heavy atom. The third-order valence-corrected chi connectivity index (χ3v) is 6.25. The molecule has 1 saturated heterocycles. The molecular formula is C19H22N2O6S. The molecule has 0 unspecified atom stereocenters. The van der Waals surface area contributed by atoms with E-state index in [2.05, 4.69) is 5.32 Å². The van der Waals surface area contributed by atoms with E-state index in [1.54, 1.807) is 18.2 Å². The zero-order chi connectivity index (χ0) is 20.1. The highest BCUT2D eigenvalue weighted by Crippen LogP contribution is 2.26. The lowest BCUT2D eigenvalue weighted by Gasteiger charge is -2.26. The molecule has 0 aliphatic carbocycles. The molecule has 2 aromatic carbocycles. The van der Waals surface area contributed by atoms with Crippen molar-refractivity contribution >= 4 is 21.6 Å². The number of anilines is 1. The van der Waals surface area contributed by atoms with E-state index in [1.165, 1.54) is 42.8 Å². The fraction of sp³-hybridized carbons (Fsp3) is 0.316. The Morgan fingerprint density at radius 1 is 1.00 bits per heavy atom. The Labute approximate surface area is 164 Å². The number of sulfonamides is 1. The Balaban J connectivity index is 1.75. The molecule has 1 N–H and O–H groups in total. The van der Waals surface area contributed by atoms with Crippen LogP contribution in [0.4, 0.5) is 5.69 Å². The number of morpholine rings is 1. The largest absolute Gasteiger partial charge is 0.497 e. The zero-order valence-corrected chi connectivity index (χ0v) is 16.5. The SMILES string of the molecule is COc1cc(NC(=O)c2ccc(S(=O)(=O)N3CCOCC3)cc2)cc(OC)c1. The summed E-state index contributed by atoms with van der Waals surface area (Å²) in [6.45, 7) is 1.40. The lowest BCUT2D eigenvalue weighted by Crippen LogP contribution is -2.40.